The van der Waals surface area contributed by atoms with Crippen LogP contribution in [0.5, 0.6) is 0 Å². The van der Waals surface area contributed by atoms with E-state index in [1.165, 1.54) is 12.8 Å². The topological polar surface area (TPSA) is 44.0 Å². The maximum absolute atomic E-state index is 15.3. The van der Waals surface area contributed by atoms with E-state index in [1.54, 1.807) is 23.5 Å². The second-order valence-electron chi connectivity index (χ2n) is 9.79. The van der Waals surface area contributed by atoms with Crippen LogP contribution >= 0.6 is 11.3 Å². The van der Waals surface area contributed by atoms with E-state index < -0.39 is 0 Å². The number of hydrogen-bond acceptors (Lipinski definition) is 4. The van der Waals surface area contributed by atoms with E-state index >= 15 is 4.39 Å². The number of hydrogen-bond donors (Lipinski definition) is 2. The largest absolute Gasteiger partial charge is 0.358 e. The lowest BCUT2D eigenvalue weighted by Gasteiger charge is -2.16. The molecule has 0 radical (unpaired) electrons. The van der Waals surface area contributed by atoms with Crippen LogP contribution in [0.3, 0.4) is 0 Å². The maximum atomic E-state index is 15.3. The van der Waals surface area contributed by atoms with Crippen molar-refractivity contribution in [1.29, 1.82) is 0 Å². The number of nitrogens with zero attached hydrogens (tertiary/aromatic N) is 2. The first-order chi connectivity index (χ1) is 18.9. The Balaban J connectivity index is 1.65. The minimum Gasteiger partial charge on any atom is -0.358 e. The van der Waals surface area contributed by atoms with Crippen molar-refractivity contribution in [1.82, 2.24) is 20.4 Å². The van der Waals surface area contributed by atoms with Crippen molar-refractivity contribution in [2.24, 2.45) is 0 Å². The molecule has 1 aliphatic heterocycles. The second kappa shape index (κ2) is 12.9. The molecular weight excluding hydrogens is 503 g/mol. The normalized spacial score (nSPS) is 15.9. The molecule has 39 heavy (non-hydrogen) atoms. The molecule has 0 bridgehead atoms. The molecule has 0 spiro atoms. The molecule has 202 valence electrons. The highest BCUT2D eigenvalue weighted by Crippen LogP contribution is 2.31. The minimum absolute atomic E-state index is 0.293. The number of aromatic nitrogens is 2. The molecule has 0 atom stereocenters. The van der Waals surface area contributed by atoms with Gasteiger partial charge in [0.15, 0.2) is 5.82 Å². The van der Waals surface area contributed by atoms with Crippen LogP contribution < -0.4 is 5.32 Å². The SMILES string of the molecule is C=C/C=C(\C(C)=C(/C)NC(=C)c1[nH]nc2c(F)cc(C(/C=C(\C=C)CN3CCCC3)=C/C)cc12)c1ccsc1. The van der Waals surface area contributed by atoms with Crippen molar-refractivity contribution in [2.45, 2.75) is 33.6 Å². The number of aromatic amines is 1. The van der Waals surface area contributed by atoms with Crippen molar-refractivity contribution in [3.05, 3.63) is 119 Å². The molecule has 1 aliphatic rings. The van der Waals surface area contributed by atoms with Crippen LogP contribution in [-0.4, -0.2) is 34.7 Å². The maximum Gasteiger partial charge on any atom is 0.151 e. The van der Waals surface area contributed by atoms with Crippen molar-refractivity contribution in [3.8, 4) is 0 Å². The first kappa shape index (κ1) is 28.3. The number of allylic oxidation sites excluding steroid dienone is 8. The fraction of sp³-hybridized carbons (Fsp3) is 0.242. The number of fused-ring (bicyclic) bond motifs is 1. The fourth-order valence-corrected chi connectivity index (χ4v) is 5.59. The van der Waals surface area contributed by atoms with Gasteiger partial charge in [-0.1, -0.05) is 50.1 Å². The van der Waals surface area contributed by atoms with Crippen LogP contribution in [0.2, 0.25) is 0 Å². The molecule has 1 aromatic carbocycles. The first-order valence-electron chi connectivity index (χ1n) is 13.2. The zero-order valence-corrected chi connectivity index (χ0v) is 23.9. The average molecular weight is 541 g/mol. The molecule has 3 heterocycles. The Hall–Kier alpha value is -3.74. The molecule has 4 nitrogen and oxygen atoms in total. The molecule has 1 saturated heterocycles. The molecule has 4 rings (SSSR count). The third-order valence-corrected chi connectivity index (χ3v) is 7.87. The third kappa shape index (κ3) is 6.47. The number of rotatable bonds is 11. The van der Waals surface area contributed by atoms with E-state index in [-0.39, 0.29) is 5.82 Å². The van der Waals surface area contributed by atoms with Crippen LogP contribution in [0, 0.1) is 5.82 Å². The summed E-state index contributed by atoms with van der Waals surface area (Å²) in [4.78, 5) is 2.43. The molecule has 0 amide bonds. The van der Waals surface area contributed by atoms with Gasteiger partial charge in [-0.15, -0.1) is 0 Å². The summed E-state index contributed by atoms with van der Waals surface area (Å²) < 4.78 is 15.3. The van der Waals surface area contributed by atoms with Crippen LogP contribution in [-0.2, 0) is 0 Å². The van der Waals surface area contributed by atoms with Crippen LogP contribution in [0.4, 0.5) is 4.39 Å². The molecule has 2 N–H and O–H groups in total. The fourth-order valence-electron chi connectivity index (χ4n) is 4.93. The number of halogens is 1. The molecule has 6 heteroatoms. The minimum atomic E-state index is -0.373. The summed E-state index contributed by atoms with van der Waals surface area (Å²) in [7, 11) is 0. The number of H-pyrrole nitrogens is 1. The van der Waals surface area contributed by atoms with Gasteiger partial charge >= 0.3 is 0 Å². The highest BCUT2D eigenvalue weighted by molar-refractivity contribution is 7.08. The Kier molecular flexibility index (Phi) is 9.33. The number of thiophene rings is 1. The second-order valence-corrected chi connectivity index (χ2v) is 10.6. The Labute approximate surface area is 235 Å². The Morgan fingerprint density at radius 1 is 1.21 bits per heavy atom. The smallest absolute Gasteiger partial charge is 0.151 e. The van der Waals surface area contributed by atoms with Crippen molar-refractivity contribution < 1.29 is 4.39 Å². The van der Waals surface area contributed by atoms with E-state index in [0.717, 1.165) is 58.8 Å². The predicted octanol–water partition coefficient (Wildman–Crippen LogP) is 8.50. The molecule has 1 fully saturated rings. The Bertz CT molecular complexity index is 1490. The van der Waals surface area contributed by atoms with Gasteiger partial charge in [0, 0.05) is 17.6 Å². The number of benzene rings is 1. The summed E-state index contributed by atoms with van der Waals surface area (Å²) in [6.45, 7) is 21.3. The van der Waals surface area contributed by atoms with Crippen molar-refractivity contribution >= 4 is 39.1 Å². The van der Waals surface area contributed by atoms with E-state index in [4.69, 9.17) is 0 Å². The van der Waals surface area contributed by atoms with E-state index in [2.05, 4.69) is 70.0 Å². The highest BCUT2D eigenvalue weighted by atomic mass is 32.1. The zero-order chi connectivity index (χ0) is 27.9. The molecule has 0 unspecified atom stereocenters. The van der Waals surface area contributed by atoms with E-state index in [1.807, 2.05) is 38.1 Å². The summed E-state index contributed by atoms with van der Waals surface area (Å²) in [6, 6.07) is 5.62. The van der Waals surface area contributed by atoms with Crippen LogP contribution in [0.1, 0.15) is 50.4 Å². The summed E-state index contributed by atoms with van der Waals surface area (Å²) in [5.41, 5.74) is 8.65. The predicted molar refractivity (Wildman–Crippen MR) is 167 cm³/mol. The standard InChI is InChI=1S/C33H37FN4S/c1-7-12-29(27-13-16-39-21-27)22(4)23(5)35-24(6)32-30-18-28(19-31(34)33(30)37-36-32)26(9-3)17-25(8-2)20-38-14-10-11-15-38/h7-9,12-13,16-19,21,35H,1-2,6,10-11,14-15,20H2,3-5H3,(H,36,37)/b23-22+,25-17+,26-9+,29-12+. The highest BCUT2D eigenvalue weighted by Gasteiger charge is 2.17. The third-order valence-electron chi connectivity index (χ3n) is 7.19. The quantitative estimate of drug-likeness (QED) is 0.240. The van der Waals surface area contributed by atoms with Crippen LogP contribution in [0.15, 0.2) is 95.9 Å². The summed E-state index contributed by atoms with van der Waals surface area (Å²) in [5, 5.41) is 15.5. The average Bonchev–Trinajstić information content (AvgIpc) is 3.71. The van der Waals surface area contributed by atoms with E-state index in [9.17, 15) is 0 Å². The van der Waals surface area contributed by atoms with Gasteiger partial charge in [-0.3, -0.25) is 10.00 Å². The van der Waals surface area contributed by atoms with Gasteiger partial charge in [0.25, 0.3) is 0 Å². The van der Waals surface area contributed by atoms with Crippen molar-refractivity contribution in [2.75, 3.05) is 19.6 Å². The Morgan fingerprint density at radius 3 is 2.62 bits per heavy atom. The van der Waals surface area contributed by atoms with Gasteiger partial charge < -0.3 is 5.32 Å². The summed E-state index contributed by atoms with van der Waals surface area (Å²) in [6.07, 6.45) is 12.3. The zero-order valence-electron chi connectivity index (χ0n) is 23.1. The molecule has 0 aliphatic carbocycles. The van der Waals surface area contributed by atoms with Gasteiger partial charge in [0.2, 0.25) is 0 Å². The Morgan fingerprint density at radius 2 is 1.97 bits per heavy atom. The molecule has 0 saturated carbocycles. The molecular formula is C33H37FN4S. The van der Waals surface area contributed by atoms with Gasteiger partial charge in [-0.2, -0.15) is 16.4 Å². The number of likely N-dealkylation sites (tertiary alicyclic amines) is 1. The van der Waals surface area contributed by atoms with E-state index in [0.29, 0.717) is 22.3 Å². The molecule has 3 aromatic rings. The van der Waals surface area contributed by atoms with Gasteiger partial charge in [-0.25, -0.2) is 4.39 Å². The summed E-state index contributed by atoms with van der Waals surface area (Å²) >= 11 is 1.65. The number of nitrogens with one attached hydrogen (secondary N) is 2. The lowest BCUT2D eigenvalue weighted by atomic mass is 9.98. The lowest BCUT2D eigenvalue weighted by molar-refractivity contribution is 0.371. The molecule has 2 aromatic heterocycles. The van der Waals surface area contributed by atoms with Crippen LogP contribution in [0.25, 0.3) is 27.7 Å². The van der Waals surface area contributed by atoms with Gasteiger partial charge in [0.1, 0.15) is 5.52 Å². The van der Waals surface area contributed by atoms with Gasteiger partial charge in [-0.05, 0) is 109 Å². The lowest BCUT2D eigenvalue weighted by Crippen LogP contribution is -2.21. The van der Waals surface area contributed by atoms with Gasteiger partial charge in [0.05, 0.1) is 11.4 Å². The first-order valence-corrected chi connectivity index (χ1v) is 14.2. The van der Waals surface area contributed by atoms with Crippen molar-refractivity contribution in [3.63, 3.8) is 0 Å². The monoisotopic (exact) mass is 540 g/mol. The summed E-state index contributed by atoms with van der Waals surface area (Å²) in [5.74, 6) is -0.373.